The van der Waals surface area contributed by atoms with Crippen LogP contribution in [0.4, 0.5) is 5.69 Å². The van der Waals surface area contributed by atoms with Gasteiger partial charge >= 0.3 is 0 Å². The number of pyridine rings is 1. The number of carbonyl (C=O) groups is 1. The zero-order chi connectivity index (χ0) is 20.4. The second kappa shape index (κ2) is 8.33. The Labute approximate surface area is 175 Å². The number of benzene rings is 1. The van der Waals surface area contributed by atoms with Gasteiger partial charge in [0.15, 0.2) is 6.10 Å². The van der Waals surface area contributed by atoms with Crippen LogP contribution in [0.1, 0.15) is 33.6 Å². The minimum Gasteiger partial charge on any atom is -0.478 e. The monoisotopic (exact) mass is 407 g/mol. The molecule has 0 N–H and O–H groups in total. The van der Waals surface area contributed by atoms with E-state index in [1.807, 2.05) is 53.6 Å². The molecule has 0 spiro atoms. The largest absolute Gasteiger partial charge is 0.478 e. The van der Waals surface area contributed by atoms with Crippen LogP contribution in [0.3, 0.4) is 0 Å². The normalized spacial score (nSPS) is 16.1. The van der Waals surface area contributed by atoms with E-state index >= 15 is 0 Å². The van der Waals surface area contributed by atoms with E-state index < -0.39 is 6.10 Å². The van der Waals surface area contributed by atoms with Crippen molar-refractivity contribution in [1.82, 2.24) is 9.97 Å². The molecule has 6 heteroatoms. The standard InChI is InChI=1S/C23H25N3O2S/c1-4-20-23(27)26(12-10-15(2)3)19-13-16(8-9-21(19)28-20)18-14-29-22(25-18)17-7-5-6-11-24-17/h5-9,11,13-15,20H,4,10,12H2,1-3H3. The molecule has 1 aliphatic rings. The first-order chi connectivity index (χ1) is 14.1. The Morgan fingerprint density at radius 1 is 1.21 bits per heavy atom. The summed E-state index contributed by atoms with van der Waals surface area (Å²) in [7, 11) is 0. The average Bonchev–Trinajstić information content (AvgIpc) is 3.23. The molecular formula is C23H25N3O2S. The molecule has 5 nitrogen and oxygen atoms in total. The van der Waals surface area contributed by atoms with Crippen LogP contribution in [0.5, 0.6) is 5.75 Å². The van der Waals surface area contributed by atoms with Crippen LogP contribution in [0.25, 0.3) is 22.0 Å². The maximum atomic E-state index is 12.9. The van der Waals surface area contributed by atoms with Crippen LogP contribution in [-0.2, 0) is 4.79 Å². The molecule has 4 rings (SSSR count). The van der Waals surface area contributed by atoms with E-state index in [0.717, 1.165) is 39.8 Å². The van der Waals surface area contributed by atoms with Gasteiger partial charge in [0.05, 0.1) is 17.1 Å². The van der Waals surface area contributed by atoms with Crippen molar-refractivity contribution in [3.63, 3.8) is 0 Å². The summed E-state index contributed by atoms with van der Waals surface area (Å²) in [4.78, 5) is 24.0. The molecule has 1 atom stereocenters. The second-order valence-corrected chi connectivity index (χ2v) is 8.48. The van der Waals surface area contributed by atoms with E-state index in [1.54, 1.807) is 17.5 Å². The van der Waals surface area contributed by atoms with Crippen molar-refractivity contribution in [2.24, 2.45) is 5.92 Å². The molecule has 0 radical (unpaired) electrons. The number of aromatic nitrogens is 2. The van der Waals surface area contributed by atoms with E-state index in [4.69, 9.17) is 9.72 Å². The van der Waals surface area contributed by atoms with Crippen molar-refractivity contribution < 1.29 is 9.53 Å². The topological polar surface area (TPSA) is 55.3 Å². The highest BCUT2D eigenvalue weighted by Crippen LogP contribution is 2.39. The summed E-state index contributed by atoms with van der Waals surface area (Å²) in [5.74, 6) is 1.34. The highest BCUT2D eigenvalue weighted by atomic mass is 32.1. The van der Waals surface area contributed by atoms with Crippen molar-refractivity contribution in [3.8, 4) is 27.7 Å². The molecule has 1 aliphatic heterocycles. The van der Waals surface area contributed by atoms with E-state index in [1.165, 1.54) is 0 Å². The molecule has 3 heterocycles. The molecule has 0 saturated carbocycles. The van der Waals surface area contributed by atoms with Crippen LogP contribution < -0.4 is 9.64 Å². The predicted octanol–water partition coefficient (Wildman–Crippen LogP) is 5.42. The van der Waals surface area contributed by atoms with Crippen LogP contribution in [0.15, 0.2) is 48.0 Å². The summed E-state index contributed by atoms with van der Waals surface area (Å²) in [6, 6.07) is 11.8. The summed E-state index contributed by atoms with van der Waals surface area (Å²) < 4.78 is 5.98. The SMILES string of the molecule is CCC1Oc2ccc(-c3csc(-c4ccccn4)n3)cc2N(CCC(C)C)C1=O. The van der Waals surface area contributed by atoms with Gasteiger partial charge in [-0.05, 0) is 49.1 Å². The Morgan fingerprint density at radius 3 is 2.79 bits per heavy atom. The Kier molecular flexibility index (Phi) is 5.62. The summed E-state index contributed by atoms with van der Waals surface area (Å²) in [6.45, 7) is 7.03. The van der Waals surface area contributed by atoms with E-state index in [0.29, 0.717) is 18.9 Å². The first kappa shape index (κ1) is 19.6. The van der Waals surface area contributed by atoms with Crippen molar-refractivity contribution in [1.29, 1.82) is 0 Å². The zero-order valence-electron chi connectivity index (χ0n) is 17.0. The van der Waals surface area contributed by atoms with E-state index in [-0.39, 0.29) is 5.91 Å². The van der Waals surface area contributed by atoms with Crippen molar-refractivity contribution >= 4 is 22.9 Å². The highest BCUT2D eigenvalue weighted by molar-refractivity contribution is 7.13. The van der Waals surface area contributed by atoms with Crippen molar-refractivity contribution in [3.05, 3.63) is 48.0 Å². The summed E-state index contributed by atoms with van der Waals surface area (Å²) >= 11 is 1.57. The minimum atomic E-state index is -0.407. The highest BCUT2D eigenvalue weighted by Gasteiger charge is 2.33. The fraction of sp³-hybridized carbons (Fsp3) is 0.348. The lowest BCUT2D eigenvalue weighted by molar-refractivity contribution is -0.126. The zero-order valence-corrected chi connectivity index (χ0v) is 17.8. The lowest BCUT2D eigenvalue weighted by atomic mass is 10.1. The molecule has 0 fully saturated rings. The van der Waals surface area contributed by atoms with Crippen LogP contribution in [0.2, 0.25) is 0 Å². The number of hydrogen-bond acceptors (Lipinski definition) is 5. The smallest absolute Gasteiger partial charge is 0.268 e. The Hall–Kier alpha value is -2.73. The first-order valence-electron chi connectivity index (χ1n) is 10.1. The number of amides is 1. The molecule has 1 amide bonds. The van der Waals surface area contributed by atoms with Gasteiger partial charge in [0, 0.05) is 23.7 Å². The molecular weight excluding hydrogens is 382 g/mol. The molecule has 150 valence electrons. The van der Waals surface area contributed by atoms with Gasteiger partial charge in [-0.3, -0.25) is 9.78 Å². The van der Waals surface area contributed by atoms with Crippen LogP contribution in [0, 0.1) is 5.92 Å². The van der Waals surface area contributed by atoms with Gasteiger partial charge < -0.3 is 9.64 Å². The average molecular weight is 408 g/mol. The number of ether oxygens (including phenoxy) is 1. The van der Waals surface area contributed by atoms with E-state index in [2.05, 4.69) is 18.8 Å². The third-order valence-corrected chi connectivity index (χ3v) is 5.91. The summed E-state index contributed by atoms with van der Waals surface area (Å²) in [5, 5.41) is 2.92. The quantitative estimate of drug-likeness (QED) is 0.547. The van der Waals surface area contributed by atoms with Crippen LogP contribution >= 0.6 is 11.3 Å². The molecule has 0 saturated heterocycles. The molecule has 1 unspecified atom stereocenters. The maximum Gasteiger partial charge on any atom is 0.268 e. The predicted molar refractivity (Wildman–Crippen MR) is 117 cm³/mol. The molecule has 29 heavy (non-hydrogen) atoms. The number of hydrogen-bond donors (Lipinski definition) is 0. The van der Waals surface area contributed by atoms with Gasteiger partial charge in [0.2, 0.25) is 0 Å². The van der Waals surface area contributed by atoms with Gasteiger partial charge in [0.25, 0.3) is 5.91 Å². The number of rotatable bonds is 6. The van der Waals surface area contributed by atoms with Gasteiger partial charge in [-0.15, -0.1) is 11.3 Å². The Morgan fingerprint density at radius 2 is 2.07 bits per heavy atom. The number of nitrogens with zero attached hydrogens (tertiary/aromatic N) is 3. The lowest BCUT2D eigenvalue weighted by Gasteiger charge is -2.34. The van der Waals surface area contributed by atoms with Gasteiger partial charge in [-0.25, -0.2) is 4.98 Å². The Bertz CT molecular complexity index is 1000. The lowest BCUT2D eigenvalue weighted by Crippen LogP contribution is -2.46. The number of fused-ring (bicyclic) bond motifs is 1. The molecule has 0 bridgehead atoms. The van der Waals surface area contributed by atoms with Crippen molar-refractivity contribution in [2.45, 2.75) is 39.7 Å². The summed E-state index contributed by atoms with van der Waals surface area (Å²) in [5.41, 5.74) is 3.56. The molecule has 2 aromatic heterocycles. The second-order valence-electron chi connectivity index (χ2n) is 7.62. The van der Waals surface area contributed by atoms with Gasteiger partial charge in [-0.1, -0.05) is 26.8 Å². The molecule has 0 aliphatic carbocycles. The number of anilines is 1. The number of thiazole rings is 1. The van der Waals surface area contributed by atoms with Crippen LogP contribution in [-0.4, -0.2) is 28.5 Å². The fourth-order valence-corrected chi connectivity index (χ4v) is 4.18. The third kappa shape index (κ3) is 4.03. The maximum absolute atomic E-state index is 12.9. The first-order valence-corrected chi connectivity index (χ1v) is 10.9. The van der Waals surface area contributed by atoms with Gasteiger partial charge in [-0.2, -0.15) is 0 Å². The molecule has 3 aromatic rings. The van der Waals surface area contributed by atoms with Crippen molar-refractivity contribution in [2.75, 3.05) is 11.4 Å². The fourth-order valence-electron chi connectivity index (χ4n) is 3.37. The molecule has 1 aromatic carbocycles. The third-order valence-electron chi connectivity index (χ3n) is 5.05. The number of carbonyl (C=O) groups excluding carboxylic acids is 1. The van der Waals surface area contributed by atoms with E-state index in [9.17, 15) is 4.79 Å². The minimum absolute atomic E-state index is 0.0465. The summed E-state index contributed by atoms with van der Waals surface area (Å²) in [6.07, 6.45) is 2.98. The Balaban J connectivity index is 1.68. The van der Waals surface area contributed by atoms with Gasteiger partial charge in [0.1, 0.15) is 10.8 Å².